The number of carbonyl (C=O) groups excluding carboxylic acids is 1. The summed E-state index contributed by atoms with van der Waals surface area (Å²) in [5, 5.41) is 16.7. The predicted octanol–water partition coefficient (Wildman–Crippen LogP) is -3.01. The van der Waals surface area contributed by atoms with Gasteiger partial charge in [-0.1, -0.05) is 0 Å². The van der Waals surface area contributed by atoms with Gasteiger partial charge in [0, 0.05) is 0 Å². The molecule has 0 bridgehead atoms. The normalized spacial score (nSPS) is 5.17. The molecule has 0 heterocycles. The fourth-order valence-corrected chi connectivity index (χ4v) is 0. The van der Waals surface area contributed by atoms with Crippen LogP contribution in [0.5, 0.6) is 0 Å². The molecule has 0 aromatic carbocycles. The Bertz CT molecular complexity index is 30.5. The second kappa shape index (κ2) is 8.85. The van der Waals surface area contributed by atoms with E-state index in [2.05, 4.69) is 0 Å². The van der Waals surface area contributed by atoms with Gasteiger partial charge in [0.05, 0.1) is 0 Å². The summed E-state index contributed by atoms with van der Waals surface area (Å²) in [4.78, 5) is 8.33. The molecule has 1 N–H and O–H groups in total. The minimum atomic E-state index is -2.33. The van der Waals surface area contributed by atoms with Gasteiger partial charge in [0.15, 0.2) is 0 Å². The molecule has 0 aliphatic carbocycles. The molecule has 0 radical (unpaired) electrons. The van der Waals surface area contributed by atoms with Crippen LogP contribution in [0.4, 0.5) is 4.79 Å². The first-order valence-corrected chi connectivity index (χ1v) is 2.26. The van der Waals surface area contributed by atoms with Crippen LogP contribution in [0.25, 0.3) is 0 Å². The molecule has 0 aliphatic heterocycles. The van der Waals surface area contributed by atoms with E-state index in [-0.39, 0.29) is 0 Å². The molecule has 0 aromatic rings. The van der Waals surface area contributed by atoms with Gasteiger partial charge in [0.1, 0.15) is 0 Å². The molecule has 0 unspecified atom stereocenters. The average molecular weight is 142 g/mol. The first kappa shape index (κ1) is 9.29. The van der Waals surface area contributed by atoms with Crippen LogP contribution in [0.3, 0.4) is 0 Å². The molecule has 0 aliphatic rings. The predicted molar refractivity (Wildman–Crippen MR) is 7.61 cm³/mol. The monoisotopic (exact) mass is 141 g/mol. The van der Waals surface area contributed by atoms with E-state index in [1.165, 1.54) is 0 Å². The van der Waals surface area contributed by atoms with Crippen molar-refractivity contribution >= 4 is 6.16 Å². The Morgan fingerprint density at radius 2 is 1.50 bits per heavy atom. The quantitative estimate of drug-likeness (QED) is 0.365. The van der Waals surface area contributed by atoms with E-state index in [1.54, 1.807) is 0 Å². The third kappa shape index (κ3) is 1460. The molecule has 4 nitrogen and oxygen atoms in total. The van der Waals surface area contributed by atoms with E-state index >= 15 is 0 Å². The molecule has 31 valence electrons. The summed E-state index contributed by atoms with van der Waals surface area (Å²) >= 11 is 0.375. The van der Waals surface area contributed by atoms with E-state index in [0.29, 0.717) is 18.7 Å². The zero-order chi connectivity index (χ0) is 5.58. The summed E-state index contributed by atoms with van der Waals surface area (Å²) in [6.45, 7) is 0. The van der Waals surface area contributed by atoms with E-state index in [9.17, 15) is 0 Å². The van der Waals surface area contributed by atoms with Crippen LogP contribution in [0.2, 0.25) is 0 Å². The zero-order valence-corrected chi connectivity index (χ0v) is 5.85. The Hall–Kier alpha value is -0.147. The Balaban J connectivity index is 0. The van der Waals surface area contributed by atoms with Crippen LogP contribution in [-0.4, -0.2) is 10.1 Å². The molecule has 0 saturated heterocycles. The van der Waals surface area contributed by atoms with Gasteiger partial charge in [-0.2, -0.15) is 0 Å². The number of carboxylic acid groups (broad SMARTS) is 2. The van der Waals surface area contributed by atoms with E-state index in [4.69, 9.17) is 18.9 Å². The second-order valence-electron chi connectivity index (χ2n) is 0.250. The molecule has 6 heavy (non-hydrogen) atoms. The van der Waals surface area contributed by atoms with Gasteiger partial charge in [-0.15, -0.1) is 0 Å². The summed E-state index contributed by atoms with van der Waals surface area (Å²) in [5.41, 5.74) is 0. The summed E-state index contributed by atoms with van der Waals surface area (Å²) in [6, 6.07) is 0. The standard InChI is InChI=1S/CH2O3.H2O.Zn/c2-1(3)4;;/h(H2,2,3,4);1H2;/q;;+3/p-3. The Labute approximate surface area is 44.5 Å². The molecule has 0 aromatic heterocycles. The van der Waals surface area contributed by atoms with Crippen molar-refractivity contribution in [2.24, 2.45) is 0 Å². The van der Waals surface area contributed by atoms with Crippen LogP contribution in [0, 0.1) is 0 Å². The van der Waals surface area contributed by atoms with Gasteiger partial charge in [0.2, 0.25) is 0 Å². The fraction of sp³-hybridized carbons (Fsp3) is 0. The van der Waals surface area contributed by atoms with Crippen LogP contribution in [0.15, 0.2) is 0 Å². The Morgan fingerprint density at radius 1 is 1.50 bits per heavy atom. The topological polar surface area (TPSA) is 83.4 Å². The molecule has 0 spiro atoms. The van der Waals surface area contributed by atoms with Crippen molar-refractivity contribution in [2.45, 2.75) is 0 Å². The van der Waals surface area contributed by atoms with Gasteiger partial charge in [0.25, 0.3) is 0 Å². The van der Waals surface area contributed by atoms with Gasteiger partial charge in [-0.25, -0.2) is 0 Å². The van der Waals surface area contributed by atoms with Gasteiger partial charge in [-0.05, 0) is 6.16 Å². The number of hydrogen-bond donors (Lipinski definition) is 1. The van der Waals surface area contributed by atoms with Crippen molar-refractivity contribution in [1.29, 1.82) is 0 Å². The summed E-state index contributed by atoms with van der Waals surface area (Å²) in [6.07, 6.45) is -2.33. The number of hydrogen-bond acceptors (Lipinski definition) is 4. The van der Waals surface area contributed by atoms with Crippen molar-refractivity contribution in [3.63, 3.8) is 0 Å². The SMILES string of the molecule is O=C([O-])[O-].[OH][Zn+2]. The van der Waals surface area contributed by atoms with Crippen LogP contribution in [0.1, 0.15) is 0 Å². The first-order chi connectivity index (χ1) is 2.73. The molecule has 0 atom stereocenters. The molecule has 0 saturated carbocycles. The summed E-state index contributed by atoms with van der Waals surface area (Å²) in [7, 11) is 0. The van der Waals surface area contributed by atoms with Crippen molar-refractivity contribution in [1.82, 2.24) is 0 Å². The van der Waals surface area contributed by atoms with Gasteiger partial charge < -0.3 is 15.0 Å². The third-order valence-corrected chi connectivity index (χ3v) is 0. The zero-order valence-electron chi connectivity index (χ0n) is 2.88. The van der Waals surface area contributed by atoms with Gasteiger partial charge in [-0.3, -0.25) is 0 Å². The first-order valence-electron chi connectivity index (χ1n) is 0.929. The summed E-state index contributed by atoms with van der Waals surface area (Å²) in [5.74, 6) is 0. The third-order valence-electron chi connectivity index (χ3n) is 0. The summed E-state index contributed by atoms with van der Waals surface area (Å²) < 4.78 is 7.12. The van der Waals surface area contributed by atoms with Gasteiger partial charge >= 0.3 is 22.6 Å². The van der Waals surface area contributed by atoms with Crippen molar-refractivity contribution in [3.8, 4) is 0 Å². The van der Waals surface area contributed by atoms with Crippen molar-refractivity contribution in [2.75, 3.05) is 0 Å². The van der Waals surface area contributed by atoms with E-state index in [0.717, 1.165) is 0 Å². The molecule has 5 heteroatoms. The van der Waals surface area contributed by atoms with Crippen LogP contribution < -0.4 is 10.2 Å². The maximum absolute atomic E-state index is 8.33. The maximum atomic E-state index is 8.33. The van der Waals surface area contributed by atoms with Crippen molar-refractivity contribution in [3.05, 3.63) is 0 Å². The molecular weight excluding hydrogens is 141 g/mol. The molecule has 0 rings (SSSR count). The molecule has 0 amide bonds. The molecule has 0 fully saturated rings. The minimum absolute atomic E-state index is 0.375. The number of rotatable bonds is 0. The fourth-order valence-electron chi connectivity index (χ4n) is 0. The van der Waals surface area contributed by atoms with Crippen LogP contribution >= 0.6 is 0 Å². The van der Waals surface area contributed by atoms with E-state index < -0.39 is 6.16 Å². The number of carbonyl (C=O) groups is 1. The van der Waals surface area contributed by atoms with Crippen molar-refractivity contribution < 1.29 is 37.6 Å². The average Bonchev–Trinajstić information content (AvgIpc) is 1.41. The Morgan fingerprint density at radius 3 is 1.50 bits per heavy atom. The Kier molecular flexibility index (Phi) is 13.7. The van der Waals surface area contributed by atoms with E-state index in [1.807, 2.05) is 0 Å². The van der Waals surface area contributed by atoms with Crippen LogP contribution in [-0.2, 0) is 18.7 Å². The molecular formula is CHO4Zn. The second-order valence-corrected chi connectivity index (χ2v) is 0.250.